The van der Waals surface area contributed by atoms with E-state index in [0.29, 0.717) is 44.5 Å². The summed E-state index contributed by atoms with van der Waals surface area (Å²) in [7, 11) is 0. The molecule has 0 aliphatic carbocycles. The van der Waals surface area contributed by atoms with Crippen molar-refractivity contribution in [2.24, 2.45) is 0 Å². The molecule has 0 bridgehead atoms. The number of piperazine rings is 1. The molecule has 1 amide bonds. The maximum atomic E-state index is 13.5. The van der Waals surface area contributed by atoms with Crippen LogP contribution in [0.3, 0.4) is 0 Å². The summed E-state index contributed by atoms with van der Waals surface area (Å²) < 4.78 is 54.7. The number of benzene rings is 1. The molecule has 1 saturated heterocycles. The van der Waals surface area contributed by atoms with Crippen LogP contribution < -0.4 is 4.90 Å². The predicted molar refractivity (Wildman–Crippen MR) is 96.7 cm³/mol. The number of rotatable bonds is 4. The molecule has 0 atom stereocenters. The maximum absolute atomic E-state index is 13.5. The minimum Gasteiger partial charge on any atom is -0.368 e. The first-order chi connectivity index (χ1) is 13.1. The number of carbonyl (C=O) groups is 1. The number of hydrogen-bond donors (Lipinski definition) is 0. The Balaban J connectivity index is 1.64. The summed E-state index contributed by atoms with van der Waals surface area (Å²) in [6.07, 6.45) is 0. The third kappa shape index (κ3) is 4.09. The molecule has 0 unspecified atom stereocenters. The summed E-state index contributed by atoms with van der Waals surface area (Å²) in [5.41, 5.74) is 0.283. The van der Waals surface area contributed by atoms with Gasteiger partial charge in [0.05, 0.1) is 10.7 Å². The van der Waals surface area contributed by atoms with Crippen molar-refractivity contribution in [3.8, 4) is 0 Å². The zero-order valence-corrected chi connectivity index (χ0v) is 16.1. The highest BCUT2D eigenvalue weighted by Crippen LogP contribution is 2.33. The summed E-state index contributed by atoms with van der Waals surface area (Å²) in [4.78, 5) is 16.0. The molecule has 1 aliphatic rings. The minimum atomic E-state index is -3.20. The lowest BCUT2D eigenvalue weighted by Crippen LogP contribution is -2.49. The molecule has 3 rings (SSSR count). The lowest BCUT2D eigenvalue weighted by atomic mass is 10.2. The predicted octanol–water partition coefficient (Wildman–Crippen LogP) is 3.58. The highest BCUT2D eigenvalue weighted by atomic mass is 35.5. The van der Waals surface area contributed by atoms with Crippen molar-refractivity contribution < 1.29 is 22.4 Å². The summed E-state index contributed by atoms with van der Waals surface area (Å²) in [6, 6.07) is 3.67. The van der Waals surface area contributed by atoms with Crippen molar-refractivity contribution in [3.05, 3.63) is 46.2 Å². The summed E-state index contributed by atoms with van der Waals surface area (Å²) >= 11 is 5.93. The van der Waals surface area contributed by atoms with Gasteiger partial charge in [-0.15, -0.1) is 0 Å². The van der Waals surface area contributed by atoms with Crippen LogP contribution in [0.4, 0.5) is 23.2 Å². The average molecular weight is 419 g/mol. The van der Waals surface area contributed by atoms with Crippen molar-refractivity contribution >= 4 is 23.2 Å². The maximum Gasteiger partial charge on any atom is 0.290 e. The average Bonchev–Trinajstić information content (AvgIpc) is 2.92. The molecule has 1 aliphatic heterocycles. The first kappa shape index (κ1) is 20.4. The SMILES string of the molecule is Cc1c(Cl)c(C(C)(F)F)nn1CC(=O)N1CCN(c2ccc(F)c(F)c2)CC1. The van der Waals surface area contributed by atoms with Gasteiger partial charge in [0.25, 0.3) is 5.92 Å². The lowest BCUT2D eigenvalue weighted by molar-refractivity contribution is -0.132. The molecular formula is C18H19ClF4N4O. The number of alkyl halides is 2. The molecule has 1 aromatic heterocycles. The van der Waals surface area contributed by atoms with Crippen molar-refractivity contribution in [2.45, 2.75) is 26.3 Å². The first-order valence-corrected chi connectivity index (χ1v) is 9.04. The second-order valence-electron chi connectivity index (χ2n) is 6.76. The van der Waals surface area contributed by atoms with E-state index >= 15 is 0 Å². The van der Waals surface area contributed by atoms with Gasteiger partial charge in [-0.05, 0) is 19.1 Å². The van der Waals surface area contributed by atoms with Gasteiger partial charge in [-0.25, -0.2) is 8.78 Å². The summed E-state index contributed by atoms with van der Waals surface area (Å²) in [6.45, 7) is 3.63. The van der Waals surface area contributed by atoms with Gasteiger partial charge in [-0.1, -0.05) is 11.6 Å². The van der Waals surface area contributed by atoms with Crippen LogP contribution in [0.15, 0.2) is 18.2 Å². The summed E-state index contributed by atoms with van der Waals surface area (Å²) in [5, 5.41) is 3.65. The number of amides is 1. The van der Waals surface area contributed by atoms with Gasteiger partial charge in [0.15, 0.2) is 11.6 Å². The Labute approximate surface area is 164 Å². The Bertz CT molecular complexity index is 888. The topological polar surface area (TPSA) is 41.4 Å². The van der Waals surface area contributed by atoms with Gasteiger partial charge in [0.1, 0.15) is 12.2 Å². The van der Waals surface area contributed by atoms with Crippen LogP contribution in [0.2, 0.25) is 5.02 Å². The molecule has 28 heavy (non-hydrogen) atoms. The molecule has 2 heterocycles. The van der Waals surface area contributed by atoms with E-state index < -0.39 is 23.3 Å². The highest BCUT2D eigenvalue weighted by Gasteiger charge is 2.33. The first-order valence-electron chi connectivity index (χ1n) is 8.67. The quantitative estimate of drug-likeness (QED) is 0.713. The fourth-order valence-electron chi connectivity index (χ4n) is 3.08. The van der Waals surface area contributed by atoms with Crippen molar-refractivity contribution in [2.75, 3.05) is 31.1 Å². The lowest BCUT2D eigenvalue weighted by Gasteiger charge is -2.36. The second kappa shape index (κ2) is 7.62. The molecule has 152 valence electrons. The number of halogens is 5. The normalized spacial score (nSPS) is 15.2. The van der Waals surface area contributed by atoms with E-state index in [1.165, 1.54) is 17.7 Å². The fraction of sp³-hybridized carbons (Fsp3) is 0.444. The monoisotopic (exact) mass is 418 g/mol. The van der Waals surface area contributed by atoms with Crippen molar-refractivity contribution in [3.63, 3.8) is 0 Å². The smallest absolute Gasteiger partial charge is 0.290 e. The molecule has 5 nitrogen and oxygen atoms in total. The van der Waals surface area contributed by atoms with E-state index in [0.717, 1.165) is 12.1 Å². The van der Waals surface area contributed by atoms with Crippen molar-refractivity contribution in [1.29, 1.82) is 0 Å². The molecule has 0 spiro atoms. The number of carbonyl (C=O) groups excluding carboxylic acids is 1. The molecular weight excluding hydrogens is 400 g/mol. The van der Waals surface area contributed by atoms with E-state index in [9.17, 15) is 22.4 Å². The zero-order chi connectivity index (χ0) is 20.6. The Morgan fingerprint density at radius 2 is 1.82 bits per heavy atom. The van der Waals surface area contributed by atoms with Gasteiger partial charge in [0.2, 0.25) is 5.91 Å². The molecule has 2 aromatic rings. The zero-order valence-electron chi connectivity index (χ0n) is 15.4. The second-order valence-corrected chi connectivity index (χ2v) is 7.14. The third-order valence-electron chi connectivity index (χ3n) is 4.73. The Kier molecular flexibility index (Phi) is 5.56. The van der Waals surface area contributed by atoms with E-state index in [-0.39, 0.29) is 17.5 Å². The van der Waals surface area contributed by atoms with Crippen LogP contribution in [-0.2, 0) is 17.3 Å². The van der Waals surface area contributed by atoms with E-state index in [4.69, 9.17) is 11.6 Å². The molecule has 0 N–H and O–H groups in total. The highest BCUT2D eigenvalue weighted by molar-refractivity contribution is 6.32. The molecule has 10 heteroatoms. The van der Waals surface area contributed by atoms with Crippen LogP contribution >= 0.6 is 11.6 Å². The van der Waals surface area contributed by atoms with E-state index in [1.807, 2.05) is 4.90 Å². The number of anilines is 1. The number of hydrogen-bond acceptors (Lipinski definition) is 3. The van der Waals surface area contributed by atoms with Gasteiger partial charge in [0, 0.05) is 44.9 Å². The van der Waals surface area contributed by atoms with Gasteiger partial charge in [-0.2, -0.15) is 13.9 Å². The van der Waals surface area contributed by atoms with E-state index in [1.54, 1.807) is 4.90 Å². The fourth-order valence-corrected chi connectivity index (χ4v) is 3.38. The summed E-state index contributed by atoms with van der Waals surface area (Å²) in [5.74, 6) is -5.32. The molecule has 1 aromatic carbocycles. The minimum absolute atomic E-state index is 0.150. The van der Waals surface area contributed by atoms with E-state index in [2.05, 4.69) is 5.10 Å². The Hall–Kier alpha value is -2.29. The van der Waals surface area contributed by atoms with Crippen LogP contribution in [0.5, 0.6) is 0 Å². The Morgan fingerprint density at radius 3 is 2.36 bits per heavy atom. The number of nitrogens with zero attached hydrogens (tertiary/aromatic N) is 4. The Morgan fingerprint density at radius 1 is 1.18 bits per heavy atom. The van der Waals surface area contributed by atoms with Gasteiger partial charge >= 0.3 is 0 Å². The van der Waals surface area contributed by atoms with Gasteiger partial charge < -0.3 is 9.80 Å². The van der Waals surface area contributed by atoms with Crippen LogP contribution in [0, 0.1) is 18.6 Å². The molecule has 0 radical (unpaired) electrons. The van der Waals surface area contributed by atoms with Crippen LogP contribution in [0.1, 0.15) is 18.3 Å². The van der Waals surface area contributed by atoms with Crippen LogP contribution in [-0.4, -0.2) is 46.8 Å². The van der Waals surface area contributed by atoms with Crippen molar-refractivity contribution in [1.82, 2.24) is 14.7 Å². The standard InChI is InChI=1S/C18H19ClF4N4O/c1-11-16(19)17(18(2,22)23)24-27(11)10-15(28)26-7-5-25(6-8-26)12-3-4-13(20)14(21)9-12/h3-4,9H,5-8,10H2,1-2H3. The number of aromatic nitrogens is 2. The molecule has 0 saturated carbocycles. The van der Waals surface area contributed by atoms with Crippen LogP contribution in [0.25, 0.3) is 0 Å². The van der Waals surface area contributed by atoms with Gasteiger partial charge in [-0.3, -0.25) is 9.48 Å². The third-order valence-corrected chi connectivity index (χ3v) is 5.19. The molecule has 1 fully saturated rings. The largest absolute Gasteiger partial charge is 0.368 e.